The minimum Gasteiger partial charge on any atom is -0.466 e. The third-order valence-corrected chi connectivity index (χ3v) is 3.92. The Kier molecular flexibility index (Phi) is 15.5. The van der Waals surface area contributed by atoms with Crippen LogP contribution >= 0.6 is 0 Å². The van der Waals surface area contributed by atoms with Crippen molar-refractivity contribution in [3.63, 3.8) is 0 Å². The fourth-order valence-electron chi connectivity index (χ4n) is 2.49. The summed E-state index contributed by atoms with van der Waals surface area (Å²) in [7, 11) is 0. The highest BCUT2D eigenvalue weighted by Crippen LogP contribution is 2.10. The largest absolute Gasteiger partial charge is 0.466 e. The molecule has 0 heterocycles. The first-order chi connectivity index (χ1) is 10.2. The Bertz CT molecular complexity index is 224. The van der Waals surface area contributed by atoms with Crippen molar-refractivity contribution in [3.8, 4) is 0 Å². The average molecular weight is 299 g/mol. The van der Waals surface area contributed by atoms with Crippen LogP contribution in [0.5, 0.6) is 0 Å². The first kappa shape index (κ1) is 20.5. The standard InChI is InChI=1S/C19H38O2/c1-4-5-6-7-8-9-13-16-19(20)21-17-14-11-10-12-15-18(2)3/h18H,4-17H2,1-3H3. The first-order valence-electron chi connectivity index (χ1n) is 9.32. The van der Waals surface area contributed by atoms with E-state index in [-0.39, 0.29) is 5.97 Å². The molecule has 0 rings (SSSR count). The lowest BCUT2D eigenvalue weighted by atomic mass is 10.0. The third kappa shape index (κ3) is 17.4. The van der Waals surface area contributed by atoms with Gasteiger partial charge in [-0.05, 0) is 18.8 Å². The zero-order valence-corrected chi connectivity index (χ0v) is 14.8. The van der Waals surface area contributed by atoms with Crippen LogP contribution in [0.2, 0.25) is 0 Å². The molecule has 0 aromatic carbocycles. The highest BCUT2D eigenvalue weighted by molar-refractivity contribution is 5.69. The molecule has 0 amide bonds. The molecule has 0 radical (unpaired) electrons. The van der Waals surface area contributed by atoms with E-state index >= 15 is 0 Å². The zero-order chi connectivity index (χ0) is 15.8. The van der Waals surface area contributed by atoms with Crippen molar-refractivity contribution >= 4 is 5.97 Å². The Labute approximate surface area is 133 Å². The summed E-state index contributed by atoms with van der Waals surface area (Å²) < 4.78 is 5.28. The van der Waals surface area contributed by atoms with E-state index in [1.165, 1.54) is 64.2 Å². The molecule has 0 saturated carbocycles. The van der Waals surface area contributed by atoms with Crippen LogP contribution in [-0.2, 0) is 9.53 Å². The van der Waals surface area contributed by atoms with Crippen LogP contribution < -0.4 is 0 Å². The van der Waals surface area contributed by atoms with Gasteiger partial charge in [0.1, 0.15) is 0 Å². The fraction of sp³-hybridized carbons (Fsp3) is 0.947. The van der Waals surface area contributed by atoms with Gasteiger partial charge in [-0.2, -0.15) is 0 Å². The number of ether oxygens (including phenoxy) is 1. The lowest BCUT2D eigenvalue weighted by Crippen LogP contribution is -2.05. The van der Waals surface area contributed by atoms with Crippen molar-refractivity contribution in [1.29, 1.82) is 0 Å². The van der Waals surface area contributed by atoms with E-state index in [1.54, 1.807) is 0 Å². The van der Waals surface area contributed by atoms with Gasteiger partial charge in [0.15, 0.2) is 0 Å². The van der Waals surface area contributed by atoms with Crippen molar-refractivity contribution < 1.29 is 9.53 Å². The lowest BCUT2D eigenvalue weighted by Gasteiger charge is -2.06. The second kappa shape index (κ2) is 15.9. The summed E-state index contributed by atoms with van der Waals surface area (Å²) in [5, 5.41) is 0. The van der Waals surface area contributed by atoms with E-state index in [2.05, 4.69) is 20.8 Å². The third-order valence-electron chi connectivity index (χ3n) is 3.92. The van der Waals surface area contributed by atoms with Crippen LogP contribution in [0.1, 0.15) is 104 Å². The Hall–Kier alpha value is -0.530. The van der Waals surface area contributed by atoms with Crippen molar-refractivity contribution in [3.05, 3.63) is 0 Å². The second-order valence-electron chi connectivity index (χ2n) is 6.69. The van der Waals surface area contributed by atoms with Gasteiger partial charge in [-0.3, -0.25) is 4.79 Å². The van der Waals surface area contributed by atoms with Gasteiger partial charge < -0.3 is 4.74 Å². The zero-order valence-electron chi connectivity index (χ0n) is 14.8. The quantitative estimate of drug-likeness (QED) is 0.263. The predicted octanol–water partition coefficient (Wildman–Crippen LogP) is 6.28. The highest BCUT2D eigenvalue weighted by atomic mass is 16.5. The average Bonchev–Trinajstić information content (AvgIpc) is 2.45. The molecule has 0 unspecified atom stereocenters. The van der Waals surface area contributed by atoms with Gasteiger partial charge >= 0.3 is 5.97 Å². The summed E-state index contributed by atoms with van der Waals surface area (Å²) in [5.74, 6) is 0.815. The molecule has 0 aliphatic carbocycles. The summed E-state index contributed by atoms with van der Waals surface area (Å²) in [5.41, 5.74) is 0. The van der Waals surface area contributed by atoms with Crippen molar-refractivity contribution in [2.75, 3.05) is 6.61 Å². The van der Waals surface area contributed by atoms with Gasteiger partial charge in [0.25, 0.3) is 0 Å². The van der Waals surface area contributed by atoms with Crippen LogP contribution in [0.15, 0.2) is 0 Å². The van der Waals surface area contributed by atoms with Crippen LogP contribution in [0.4, 0.5) is 0 Å². The molecule has 0 aliphatic rings. The minimum atomic E-state index is 0.00531. The Morgan fingerprint density at radius 1 is 0.810 bits per heavy atom. The molecule has 21 heavy (non-hydrogen) atoms. The molecule has 0 N–H and O–H groups in total. The Morgan fingerprint density at radius 3 is 2.05 bits per heavy atom. The summed E-state index contributed by atoms with van der Waals surface area (Å²) in [4.78, 5) is 11.5. The number of unbranched alkanes of at least 4 members (excludes halogenated alkanes) is 9. The Balaban J connectivity index is 3.16. The van der Waals surface area contributed by atoms with Crippen LogP contribution in [0.3, 0.4) is 0 Å². The van der Waals surface area contributed by atoms with Gasteiger partial charge in [0, 0.05) is 6.42 Å². The van der Waals surface area contributed by atoms with E-state index in [0.717, 1.165) is 18.8 Å². The smallest absolute Gasteiger partial charge is 0.305 e. The maximum Gasteiger partial charge on any atom is 0.305 e. The summed E-state index contributed by atoms with van der Waals surface area (Å²) >= 11 is 0. The maximum atomic E-state index is 11.5. The van der Waals surface area contributed by atoms with Gasteiger partial charge in [0.2, 0.25) is 0 Å². The number of carbonyl (C=O) groups excluding carboxylic acids is 1. The van der Waals surface area contributed by atoms with E-state index in [1.807, 2.05) is 0 Å². The van der Waals surface area contributed by atoms with Crippen molar-refractivity contribution in [2.24, 2.45) is 5.92 Å². The molecule has 0 aromatic rings. The summed E-state index contributed by atoms with van der Waals surface area (Å²) in [6.07, 6.45) is 15.5. The molecule has 0 bridgehead atoms. The van der Waals surface area contributed by atoms with E-state index in [0.29, 0.717) is 13.0 Å². The normalized spacial score (nSPS) is 11.0. The molecule has 0 aliphatic heterocycles. The minimum absolute atomic E-state index is 0.00531. The molecular weight excluding hydrogens is 260 g/mol. The first-order valence-corrected chi connectivity index (χ1v) is 9.32. The molecule has 0 spiro atoms. The van der Waals surface area contributed by atoms with Gasteiger partial charge in [-0.15, -0.1) is 0 Å². The van der Waals surface area contributed by atoms with Crippen LogP contribution in [-0.4, -0.2) is 12.6 Å². The number of hydrogen-bond acceptors (Lipinski definition) is 2. The predicted molar refractivity (Wildman–Crippen MR) is 91.5 cm³/mol. The summed E-state index contributed by atoms with van der Waals surface area (Å²) in [6.45, 7) is 7.40. The number of esters is 1. The van der Waals surface area contributed by atoms with Crippen LogP contribution in [0, 0.1) is 5.92 Å². The van der Waals surface area contributed by atoms with Crippen LogP contribution in [0.25, 0.3) is 0 Å². The fourth-order valence-corrected chi connectivity index (χ4v) is 2.49. The van der Waals surface area contributed by atoms with E-state index in [4.69, 9.17) is 4.74 Å². The Morgan fingerprint density at radius 2 is 1.38 bits per heavy atom. The van der Waals surface area contributed by atoms with Crippen molar-refractivity contribution in [1.82, 2.24) is 0 Å². The van der Waals surface area contributed by atoms with E-state index in [9.17, 15) is 4.79 Å². The molecule has 2 nitrogen and oxygen atoms in total. The monoisotopic (exact) mass is 298 g/mol. The van der Waals surface area contributed by atoms with Gasteiger partial charge in [0.05, 0.1) is 6.61 Å². The molecule has 0 aromatic heterocycles. The molecule has 0 fully saturated rings. The maximum absolute atomic E-state index is 11.5. The molecular formula is C19H38O2. The highest BCUT2D eigenvalue weighted by Gasteiger charge is 2.02. The summed E-state index contributed by atoms with van der Waals surface area (Å²) in [6, 6.07) is 0. The number of rotatable bonds is 15. The number of carbonyl (C=O) groups is 1. The van der Waals surface area contributed by atoms with Crippen molar-refractivity contribution in [2.45, 2.75) is 104 Å². The lowest BCUT2D eigenvalue weighted by molar-refractivity contribution is -0.143. The van der Waals surface area contributed by atoms with Gasteiger partial charge in [-0.1, -0.05) is 85.0 Å². The SMILES string of the molecule is CCCCCCCCCC(=O)OCCCCCCC(C)C. The van der Waals surface area contributed by atoms with Gasteiger partial charge in [-0.25, -0.2) is 0 Å². The molecule has 2 heteroatoms. The second-order valence-corrected chi connectivity index (χ2v) is 6.69. The number of hydrogen-bond donors (Lipinski definition) is 0. The molecule has 126 valence electrons. The molecule has 0 atom stereocenters. The van der Waals surface area contributed by atoms with E-state index < -0.39 is 0 Å². The molecule has 0 saturated heterocycles. The topological polar surface area (TPSA) is 26.3 Å².